The first-order valence-corrected chi connectivity index (χ1v) is 35.9. The Morgan fingerprint density at radius 3 is 1.87 bits per heavy atom. The summed E-state index contributed by atoms with van der Waals surface area (Å²) in [5.41, 5.74) is 2.83. The van der Waals surface area contributed by atoms with Crippen LogP contribution in [0, 0.1) is 11.6 Å². The van der Waals surface area contributed by atoms with Crippen molar-refractivity contribution in [2.75, 3.05) is 73.4 Å². The second-order valence-corrected chi connectivity index (χ2v) is 26.4. The third-order valence-electron chi connectivity index (χ3n) is 16.5. The van der Waals surface area contributed by atoms with E-state index in [-0.39, 0.29) is 73.6 Å². The van der Waals surface area contributed by atoms with Crippen LogP contribution in [0.25, 0.3) is 0 Å². The molecule has 0 radical (unpaired) electrons. The van der Waals surface area contributed by atoms with Crippen molar-refractivity contribution >= 4 is 63.1 Å². The standard InChI is InChI=1S/C77H74F2N6O14S3.HI/c1-90-41-43-93-50-96-70-63(78)46-62(65(79)71(70)97-51-94-44-42-91-2)69(75(89)98-68(53-21-10-5-11-22-53)54-23-12-6-13-24-54)99-83-102-49-59(80-76(102)82-77(56-26-14-7-15-27-56,57-28-16-8-17-29-57)58-30-18-9-19-31-58)45-64(86)81-66-72(87)85-67(74(88)95-47-52-32-34-60(92-3)35-33-52)55(48-101-73(66)85)25-20-38-84-39-36-61(100-4)37-40-84;/h5-37,39-40,46,49,66,68-69,73H,38,41-45,47-48,50-51H2,1-4H3,(H-,80,81,82,86);1H/t66-,69?,73?,102?;/m0./s1. The number of rotatable bonds is 34. The molecule has 3 aliphatic heterocycles. The molecular formula is C77H75F2IN6O14S3. The second kappa shape index (κ2) is 37.9. The zero-order valence-electron chi connectivity index (χ0n) is 56.6. The zero-order chi connectivity index (χ0) is 71.2. The van der Waals surface area contributed by atoms with E-state index in [1.165, 1.54) is 30.9 Å². The minimum atomic E-state index is -2.21. The number of pyridine rings is 1. The largest absolute Gasteiger partial charge is 1.00 e. The topological polar surface area (TPSA) is 216 Å². The van der Waals surface area contributed by atoms with Crippen LogP contribution in [-0.4, -0.2) is 119 Å². The van der Waals surface area contributed by atoms with Gasteiger partial charge in [0.05, 0.1) is 45.7 Å². The van der Waals surface area contributed by atoms with Crippen LogP contribution in [0.3, 0.4) is 0 Å². The number of ether oxygens (including phenoxy) is 9. The maximum atomic E-state index is 17.9. The number of nitrogens with one attached hydrogen (secondary N) is 2. The van der Waals surface area contributed by atoms with E-state index in [9.17, 15) is 14.4 Å². The number of hydrogen-bond donors (Lipinski definition) is 2. The lowest BCUT2D eigenvalue weighted by atomic mass is 9.77. The van der Waals surface area contributed by atoms with Gasteiger partial charge in [-0.15, -0.1) is 23.5 Å². The number of fused-ring (bicyclic) bond motifs is 1. The minimum Gasteiger partial charge on any atom is -1.00 e. The number of allylic oxidation sites excluding steroid dienone is 2. The van der Waals surface area contributed by atoms with Crippen molar-refractivity contribution in [2.24, 2.45) is 9.52 Å². The fourth-order valence-electron chi connectivity index (χ4n) is 11.4. The second-order valence-electron chi connectivity index (χ2n) is 23.0. The maximum absolute atomic E-state index is 17.9. The van der Waals surface area contributed by atoms with E-state index < -0.39 is 112 Å². The van der Waals surface area contributed by atoms with Crippen molar-refractivity contribution in [3.8, 4) is 17.2 Å². The number of halogens is 3. The third-order valence-corrected chi connectivity index (χ3v) is 19.9. The number of hydrogen-bond acceptors (Lipinski definition) is 19. The molecule has 11 rings (SSSR count). The van der Waals surface area contributed by atoms with E-state index in [0.29, 0.717) is 40.3 Å². The predicted octanol–water partition coefficient (Wildman–Crippen LogP) is 8.93. The SMILES string of the molecule is COCCOCOc1c(F)cc(C(ON=S2C=C(CC(=O)N[C@H]3C(=O)N4C(C(=O)OCc5ccc(OC)cc5)=C(C=CC[n+]5ccc(SC)cc5)CSC34)N=C2NC(c2ccccc2)(c2ccccc2)c2ccccc2)C(=O)OC(c2ccccc2)c2ccccc2)c(F)c1OCOCCOC.[I-]. The lowest BCUT2D eigenvalue weighted by Gasteiger charge is -2.49. The van der Waals surface area contributed by atoms with Gasteiger partial charge in [-0.05, 0) is 69.5 Å². The van der Waals surface area contributed by atoms with Crippen molar-refractivity contribution in [1.29, 1.82) is 0 Å². The van der Waals surface area contributed by atoms with E-state index in [4.69, 9.17) is 57.0 Å². The molecule has 0 aliphatic carbocycles. The Balaban J connectivity index is 0.0000114. The molecule has 0 bridgehead atoms. The normalized spacial score (nSPS) is 15.9. The fourth-order valence-corrected chi connectivity index (χ4v) is 14.4. The average molecular weight is 1570 g/mol. The first kappa shape index (κ1) is 76.5. The molecule has 3 unspecified atom stereocenters. The highest BCUT2D eigenvalue weighted by molar-refractivity contribution is 8.05. The monoisotopic (exact) mass is 1570 g/mol. The molecule has 103 heavy (non-hydrogen) atoms. The summed E-state index contributed by atoms with van der Waals surface area (Å²) in [5, 5.41) is 7.62. The highest BCUT2D eigenvalue weighted by Gasteiger charge is 2.54. The number of carbonyl (C=O) groups is 4. The fraction of sp³-hybridized carbons (Fsp3) is 0.247. The summed E-state index contributed by atoms with van der Waals surface area (Å²) in [6.45, 7) is -0.400. The molecule has 4 atom stereocenters. The van der Waals surface area contributed by atoms with Crippen molar-refractivity contribution in [1.82, 2.24) is 15.5 Å². The first-order valence-electron chi connectivity index (χ1n) is 32.4. The highest BCUT2D eigenvalue weighted by Crippen LogP contribution is 2.44. The Morgan fingerprint density at radius 1 is 0.757 bits per heavy atom. The van der Waals surface area contributed by atoms with E-state index >= 15 is 13.6 Å². The van der Waals surface area contributed by atoms with Crippen molar-refractivity contribution in [3.05, 3.63) is 292 Å². The predicted molar refractivity (Wildman–Crippen MR) is 382 cm³/mol. The number of aromatic nitrogens is 1. The molecule has 8 aromatic rings. The van der Waals surface area contributed by atoms with Gasteiger partial charge in [0.2, 0.25) is 23.5 Å². The van der Waals surface area contributed by atoms with Crippen molar-refractivity contribution in [3.63, 3.8) is 0 Å². The maximum Gasteiger partial charge on any atom is 0.355 e. The van der Waals surface area contributed by atoms with Gasteiger partial charge in [0.25, 0.3) is 5.91 Å². The number of nitrogens with zero attached hydrogens (tertiary/aromatic N) is 4. The molecule has 2 N–H and O–H groups in total. The minimum absolute atomic E-state index is 0. The van der Waals surface area contributed by atoms with E-state index in [1.807, 2.05) is 138 Å². The number of amidine groups is 1. The molecule has 1 fully saturated rings. The Morgan fingerprint density at radius 2 is 1.32 bits per heavy atom. The van der Waals surface area contributed by atoms with Crippen LogP contribution in [0.1, 0.15) is 57.6 Å². The van der Waals surface area contributed by atoms with Gasteiger partial charge in [-0.1, -0.05) is 174 Å². The highest BCUT2D eigenvalue weighted by atomic mass is 127. The van der Waals surface area contributed by atoms with Crippen LogP contribution in [0.5, 0.6) is 17.2 Å². The lowest BCUT2D eigenvalue weighted by molar-refractivity contribution is -0.687. The zero-order valence-corrected chi connectivity index (χ0v) is 61.2. The summed E-state index contributed by atoms with van der Waals surface area (Å²) >= 11 is 3.01. The van der Waals surface area contributed by atoms with Gasteiger partial charge in [-0.2, -0.15) is 0 Å². The van der Waals surface area contributed by atoms with Crippen molar-refractivity contribution in [2.45, 2.75) is 53.6 Å². The molecule has 536 valence electrons. The number of benzene rings is 7. The van der Waals surface area contributed by atoms with E-state index in [1.54, 1.807) is 109 Å². The van der Waals surface area contributed by atoms with Crippen LogP contribution in [-0.2, 0) is 81.8 Å². The molecule has 3 aliphatic rings. The molecule has 26 heteroatoms. The van der Waals surface area contributed by atoms with Gasteiger partial charge in [-0.3, -0.25) is 14.5 Å². The number of aliphatic imine (C=N–C) groups is 1. The van der Waals surface area contributed by atoms with Crippen LogP contribution in [0.15, 0.2) is 255 Å². The number of carbonyl (C=O) groups excluding carboxylic acids is 4. The quantitative estimate of drug-likeness (QED) is 0.00443. The average Bonchev–Trinajstić information content (AvgIpc) is 0.965. The molecular weight excluding hydrogens is 1490 g/mol. The summed E-state index contributed by atoms with van der Waals surface area (Å²) in [4.78, 5) is 73.0. The number of methoxy groups -OCH3 is 3. The van der Waals surface area contributed by atoms with Crippen LogP contribution in [0.2, 0.25) is 0 Å². The number of esters is 2. The van der Waals surface area contributed by atoms with Crippen LogP contribution in [0.4, 0.5) is 8.78 Å². The number of β-lactam (4-membered cyclic amide) rings is 1. The van der Waals surface area contributed by atoms with E-state index in [2.05, 4.69) is 10.6 Å². The Kier molecular flexibility index (Phi) is 28.2. The molecule has 20 nitrogen and oxygen atoms in total. The van der Waals surface area contributed by atoms with E-state index in [0.717, 1.165) is 27.7 Å². The molecule has 7 aromatic carbocycles. The Labute approximate surface area is 623 Å². The van der Waals surface area contributed by atoms with Crippen molar-refractivity contribution < 1.29 is 104 Å². The van der Waals surface area contributed by atoms with Gasteiger partial charge >= 0.3 is 11.9 Å². The summed E-state index contributed by atoms with van der Waals surface area (Å²) in [6.07, 6.45) is 5.90. The lowest BCUT2D eigenvalue weighted by Crippen LogP contribution is -3.00. The van der Waals surface area contributed by atoms with Gasteiger partial charge in [0.1, 0.15) is 35.0 Å². The van der Waals surface area contributed by atoms with Gasteiger partial charge in [0, 0.05) is 58.7 Å². The molecule has 1 aromatic heterocycles. The smallest absolute Gasteiger partial charge is 0.355 e. The summed E-state index contributed by atoms with van der Waals surface area (Å²) in [7, 11) is 2.73. The van der Waals surface area contributed by atoms with Crippen LogP contribution < -0.4 is 53.4 Å². The Bertz CT molecular complexity index is 4210. The van der Waals surface area contributed by atoms with Gasteiger partial charge in [-0.25, -0.2) is 32.8 Å². The third kappa shape index (κ3) is 19.0. The number of thioether (sulfide) groups is 2. The summed E-state index contributed by atoms with van der Waals surface area (Å²) < 4.78 is 91.8. The Hall–Kier alpha value is -9.10. The number of amides is 2. The van der Waals surface area contributed by atoms with Gasteiger partial charge < -0.3 is 77.2 Å². The summed E-state index contributed by atoms with van der Waals surface area (Å²) in [6, 6.07) is 57.1. The first-order chi connectivity index (χ1) is 49.9. The molecule has 0 spiro atoms. The molecule has 1 saturated heterocycles. The molecule has 4 heterocycles. The molecule has 2 amide bonds. The van der Waals surface area contributed by atoms with Crippen LogP contribution >= 0.6 is 23.5 Å². The van der Waals surface area contributed by atoms with Gasteiger partial charge in [0.15, 0.2) is 55.4 Å². The summed E-state index contributed by atoms with van der Waals surface area (Å²) in [5.74, 6) is -6.14. The molecule has 0 saturated carbocycles.